The van der Waals surface area contributed by atoms with Gasteiger partial charge < -0.3 is 5.32 Å². The number of aromatic nitrogens is 4. The van der Waals surface area contributed by atoms with Gasteiger partial charge in [0, 0.05) is 10.7 Å². The smallest absolute Gasteiger partial charge is 0.216 e. The second kappa shape index (κ2) is 6.30. The van der Waals surface area contributed by atoms with E-state index in [1.54, 1.807) is 6.20 Å². The van der Waals surface area contributed by atoms with E-state index in [9.17, 15) is 0 Å². The molecule has 2 rings (SSSR count). The number of rotatable bonds is 4. The Morgan fingerprint density at radius 2 is 2.30 bits per heavy atom. The number of H-pyrrole nitrogens is 1. The van der Waals surface area contributed by atoms with Crippen molar-refractivity contribution in [1.82, 2.24) is 20.6 Å². The van der Waals surface area contributed by atoms with Gasteiger partial charge in [-0.1, -0.05) is 19.9 Å². The molecule has 0 aliphatic rings. The van der Waals surface area contributed by atoms with Gasteiger partial charge in [-0.3, -0.25) is 0 Å². The molecule has 6 nitrogen and oxygen atoms in total. The number of aromatic amines is 1. The molecule has 0 amide bonds. The van der Waals surface area contributed by atoms with Gasteiger partial charge in [0.05, 0.1) is 5.69 Å². The summed E-state index contributed by atoms with van der Waals surface area (Å²) in [5.41, 5.74) is 2.41. The molecule has 0 bridgehead atoms. The maximum atomic E-state index is 9.07. The summed E-state index contributed by atoms with van der Waals surface area (Å²) in [5, 5.41) is 25.4. The molecule has 2 N–H and O–H groups in total. The highest BCUT2D eigenvalue weighted by molar-refractivity contribution is 9.10. The lowest BCUT2D eigenvalue weighted by Gasteiger charge is -2.09. The van der Waals surface area contributed by atoms with E-state index < -0.39 is 0 Å². The summed E-state index contributed by atoms with van der Waals surface area (Å²) in [4.78, 5) is 0. The maximum absolute atomic E-state index is 9.07. The fourth-order valence-electron chi connectivity index (χ4n) is 1.58. The Labute approximate surface area is 125 Å². The van der Waals surface area contributed by atoms with Crippen molar-refractivity contribution >= 4 is 27.2 Å². The van der Waals surface area contributed by atoms with Crippen molar-refractivity contribution in [2.75, 3.05) is 5.32 Å². The molecule has 2 aromatic rings. The summed E-state index contributed by atoms with van der Waals surface area (Å²) in [7, 11) is 0. The molecular formula is C13H13BrN6. The maximum Gasteiger partial charge on any atom is 0.216 e. The van der Waals surface area contributed by atoms with Gasteiger partial charge in [0.1, 0.15) is 11.6 Å². The van der Waals surface area contributed by atoms with Crippen LogP contribution in [0.3, 0.4) is 0 Å². The molecule has 102 valence electrons. The molecular weight excluding hydrogens is 320 g/mol. The Kier molecular flexibility index (Phi) is 4.48. The molecule has 1 aromatic carbocycles. The van der Waals surface area contributed by atoms with E-state index in [1.165, 1.54) is 5.56 Å². The normalized spacial score (nSPS) is 11.4. The van der Waals surface area contributed by atoms with Crippen LogP contribution in [0, 0.1) is 11.3 Å². The molecule has 1 aromatic heterocycles. The first-order valence-electron chi connectivity index (χ1n) is 6.02. The van der Waals surface area contributed by atoms with Gasteiger partial charge in [-0.2, -0.15) is 10.5 Å². The minimum absolute atomic E-state index is 0.259. The number of allylic oxidation sites excluding steroid dienone is 1. The number of nitriles is 1. The zero-order chi connectivity index (χ0) is 14.5. The summed E-state index contributed by atoms with van der Waals surface area (Å²) in [6, 6.07) is 8.09. The van der Waals surface area contributed by atoms with Crippen molar-refractivity contribution in [3.05, 3.63) is 40.3 Å². The van der Waals surface area contributed by atoms with Crippen molar-refractivity contribution < 1.29 is 0 Å². The van der Waals surface area contributed by atoms with Crippen molar-refractivity contribution in [1.29, 1.82) is 5.26 Å². The van der Waals surface area contributed by atoms with Crippen molar-refractivity contribution in [2.45, 2.75) is 19.8 Å². The van der Waals surface area contributed by atoms with Gasteiger partial charge in [-0.25, -0.2) is 0 Å². The van der Waals surface area contributed by atoms with Crippen LogP contribution in [0.1, 0.15) is 31.2 Å². The Morgan fingerprint density at radius 3 is 2.85 bits per heavy atom. The van der Waals surface area contributed by atoms with Crippen LogP contribution >= 0.6 is 15.9 Å². The molecule has 20 heavy (non-hydrogen) atoms. The van der Waals surface area contributed by atoms with E-state index in [2.05, 4.69) is 61.8 Å². The molecule has 0 aliphatic heterocycles. The van der Waals surface area contributed by atoms with Gasteiger partial charge >= 0.3 is 0 Å². The summed E-state index contributed by atoms with van der Waals surface area (Å²) >= 11 is 3.51. The number of benzene rings is 1. The fourth-order valence-corrected chi connectivity index (χ4v) is 2.09. The van der Waals surface area contributed by atoms with Crippen LogP contribution < -0.4 is 5.32 Å². The quantitative estimate of drug-likeness (QED) is 0.839. The first-order valence-corrected chi connectivity index (χ1v) is 6.81. The minimum atomic E-state index is 0.259. The first-order chi connectivity index (χ1) is 9.61. The van der Waals surface area contributed by atoms with Crippen LogP contribution in [0.15, 0.2) is 28.9 Å². The van der Waals surface area contributed by atoms with Gasteiger partial charge in [-0.15, -0.1) is 10.2 Å². The van der Waals surface area contributed by atoms with E-state index in [4.69, 9.17) is 5.26 Å². The lowest BCUT2D eigenvalue weighted by atomic mass is 10.0. The van der Waals surface area contributed by atoms with Crippen LogP contribution in [-0.4, -0.2) is 20.6 Å². The molecule has 0 saturated heterocycles. The predicted octanol–water partition coefficient (Wildman–Crippen LogP) is 3.06. The van der Waals surface area contributed by atoms with Crippen molar-refractivity contribution in [3.8, 4) is 6.07 Å². The number of hydrogen-bond donors (Lipinski definition) is 2. The molecule has 0 spiro atoms. The SMILES string of the molecule is CC(C)c1ccc(NC=C(C#N)c2nn[nH]n2)c(Br)c1. The first kappa shape index (κ1) is 14.2. The summed E-state index contributed by atoms with van der Waals surface area (Å²) in [5.74, 6) is 0.722. The third kappa shape index (κ3) is 3.22. The average Bonchev–Trinajstić information content (AvgIpc) is 2.95. The second-order valence-corrected chi connectivity index (χ2v) is 5.30. The zero-order valence-corrected chi connectivity index (χ0v) is 12.6. The number of hydrogen-bond acceptors (Lipinski definition) is 5. The molecule has 0 unspecified atom stereocenters. The topological polar surface area (TPSA) is 90.3 Å². The number of anilines is 1. The van der Waals surface area contributed by atoms with E-state index >= 15 is 0 Å². The Bertz CT molecular complexity index is 654. The molecule has 0 fully saturated rings. The largest absolute Gasteiger partial charge is 0.359 e. The van der Waals surface area contributed by atoms with E-state index in [0.29, 0.717) is 11.5 Å². The van der Waals surface area contributed by atoms with Gasteiger partial charge in [-0.05, 0) is 44.8 Å². The van der Waals surface area contributed by atoms with Crippen LogP contribution in [0.2, 0.25) is 0 Å². The second-order valence-electron chi connectivity index (χ2n) is 4.44. The minimum Gasteiger partial charge on any atom is -0.359 e. The van der Waals surface area contributed by atoms with E-state index in [0.717, 1.165) is 10.2 Å². The lowest BCUT2D eigenvalue weighted by molar-refractivity contribution is 0.866. The predicted molar refractivity (Wildman–Crippen MR) is 79.6 cm³/mol. The highest BCUT2D eigenvalue weighted by Crippen LogP contribution is 2.27. The number of tetrazole rings is 1. The van der Waals surface area contributed by atoms with Crippen molar-refractivity contribution in [2.24, 2.45) is 0 Å². The highest BCUT2D eigenvalue weighted by Gasteiger charge is 2.07. The van der Waals surface area contributed by atoms with Gasteiger partial charge in [0.2, 0.25) is 5.82 Å². The molecule has 0 radical (unpaired) electrons. The highest BCUT2D eigenvalue weighted by atomic mass is 79.9. The summed E-state index contributed by atoms with van der Waals surface area (Å²) in [6.45, 7) is 4.28. The van der Waals surface area contributed by atoms with E-state index in [1.807, 2.05) is 18.2 Å². The van der Waals surface area contributed by atoms with Gasteiger partial charge in [0.25, 0.3) is 0 Å². The Hall–Kier alpha value is -2.20. The standard InChI is InChI=1S/C13H13BrN6/c1-8(2)9-3-4-12(11(14)5-9)16-7-10(6-15)13-17-19-20-18-13/h3-5,7-8,16H,1-2H3,(H,17,18,19,20). The van der Waals surface area contributed by atoms with Crippen LogP contribution in [-0.2, 0) is 0 Å². The van der Waals surface area contributed by atoms with Crippen molar-refractivity contribution in [3.63, 3.8) is 0 Å². The fraction of sp³-hybridized carbons (Fsp3) is 0.231. The summed E-state index contributed by atoms with van der Waals surface area (Å²) < 4.78 is 0.936. The van der Waals surface area contributed by atoms with E-state index in [-0.39, 0.29) is 5.82 Å². The number of nitrogens with zero attached hydrogens (tertiary/aromatic N) is 4. The molecule has 0 saturated carbocycles. The third-order valence-electron chi connectivity index (χ3n) is 2.74. The van der Waals surface area contributed by atoms with Gasteiger partial charge in [0.15, 0.2) is 0 Å². The van der Waals surface area contributed by atoms with Crippen LogP contribution in [0.4, 0.5) is 5.69 Å². The molecule has 0 atom stereocenters. The molecule has 7 heteroatoms. The summed E-state index contributed by atoms with van der Waals surface area (Å²) in [6.07, 6.45) is 1.56. The lowest BCUT2D eigenvalue weighted by Crippen LogP contribution is -1.95. The monoisotopic (exact) mass is 332 g/mol. The molecule has 1 heterocycles. The van der Waals surface area contributed by atoms with Crippen LogP contribution in [0.5, 0.6) is 0 Å². The number of nitrogens with one attached hydrogen (secondary N) is 2. The third-order valence-corrected chi connectivity index (χ3v) is 3.39. The Morgan fingerprint density at radius 1 is 1.50 bits per heavy atom. The van der Waals surface area contributed by atoms with Crippen LogP contribution in [0.25, 0.3) is 5.57 Å². The average molecular weight is 333 g/mol. The molecule has 0 aliphatic carbocycles. The number of halogens is 1. The Balaban J connectivity index is 2.20. The zero-order valence-electron chi connectivity index (χ0n) is 11.1.